The first kappa shape index (κ1) is 14.1. The number of ether oxygens (including phenoxy) is 1. The Morgan fingerprint density at radius 2 is 2.29 bits per heavy atom. The second-order valence-corrected chi connectivity index (χ2v) is 5.71. The lowest BCUT2D eigenvalue weighted by molar-refractivity contribution is 0.0940. The van der Waals surface area contributed by atoms with Gasteiger partial charge in [-0.2, -0.15) is 10.2 Å². The summed E-state index contributed by atoms with van der Waals surface area (Å²) in [6.45, 7) is 6.64. The number of anilines is 1. The number of aromatic nitrogens is 4. The van der Waals surface area contributed by atoms with Crippen LogP contribution in [-0.2, 0) is 24.9 Å². The molecule has 6 nitrogen and oxygen atoms in total. The highest BCUT2D eigenvalue weighted by atomic mass is 16.5. The Bertz CT molecular complexity index is 610. The number of nitrogens with one attached hydrogen (secondary N) is 1. The van der Waals surface area contributed by atoms with Gasteiger partial charge in [-0.05, 0) is 26.7 Å². The molecule has 114 valence electrons. The molecule has 0 radical (unpaired) electrons. The maximum atomic E-state index is 5.64. The fourth-order valence-corrected chi connectivity index (χ4v) is 2.82. The monoisotopic (exact) mass is 289 g/mol. The minimum absolute atomic E-state index is 0.320. The molecule has 1 aliphatic heterocycles. The van der Waals surface area contributed by atoms with Crippen molar-refractivity contribution in [3.8, 4) is 0 Å². The highest BCUT2D eigenvalue weighted by molar-refractivity contribution is 5.40. The van der Waals surface area contributed by atoms with E-state index in [1.165, 1.54) is 11.3 Å². The number of rotatable bonds is 5. The third-order valence-corrected chi connectivity index (χ3v) is 4.18. The van der Waals surface area contributed by atoms with Crippen molar-refractivity contribution < 1.29 is 4.74 Å². The molecule has 1 fully saturated rings. The summed E-state index contributed by atoms with van der Waals surface area (Å²) in [6, 6.07) is 0. The van der Waals surface area contributed by atoms with Crippen molar-refractivity contribution >= 4 is 5.69 Å². The molecular formula is C15H23N5O. The highest BCUT2D eigenvalue weighted by Gasteiger charge is 2.16. The third kappa shape index (κ3) is 3.10. The van der Waals surface area contributed by atoms with Crippen molar-refractivity contribution in [1.82, 2.24) is 19.6 Å². The Hall–Kier alpha value is -1.82. The van der Waals surface area contributed by atoms with Crippen molar-refractivity contribution in [3.05, 3.63) is 29.3 Å². The molecule has 3 rings (SSSR count). The van der Waals surface area contributed by atoms with Crippen molar-refractivity contribution in [2.45, 2.75) is 45.9 Å². The van der Waals surface area contributed by atoms with Crippen LogP contribution in [-0.4, -0.2) is 32.3 Å². The van der Waals surface area contributed by atoms with Crippen LogP contribution in [0.2, 0.25) is 0 Å². The third-order valence-electron chi connectivity index (χ3n) is 4.18. The summed E-state index contributed by atoms with van der Waals surface area (Å²) >= 11 is 0. The average Bonchev–Trinajstić information content (AvgIpc) is 3.15. The van der Waals surface area contributed by atoms with Crippen molar-refractivity contribution in [3.63, 3.8) is 0 Å². The highest BCUT2D eigenvalue weighted by Crippen LogP contribution is 2.17. The van der Waals surface area contributed by atoms with Crippen LogP contribution in [0.15, 0.2) is 12.4 Å². The lowest BCUT2D eigenvalue weighted by atomic mass is 10.2. The van der Waals surface area contributed by atoms with E-state index < -0.39 is 0 Å². The molecule has 21 heavy (non-hydrogen) atoms. The Labute approximate surface area is 125 Å². The molecule has 1 atom stereocenters. The smallest absolute Gasteiger partial charge is 0.0771 e. The van der Waals surface area contributed by atoms with Gasteiger partial charge in [-0.15, -0.1) is 0 Å². The van der Waals surface area contributed by atoms with Gasteiger partial charge in [0.2, 0.25) is 0 Å². The minimum Gasteiger partial charge on any atom is -0.378 e. The zero-order valence-electron chi connectivity index (χ0n) is 13.0. The van der Waals surface area contributed by atoms with Gasteiger partial charge in [0.05, 0.1) is 30.2 Å². The molecule has 1 aliphatic rings. The fourth-order valence-electron chi connectivity index (χ4n) is 2.82. The first-order valence-electron chi connectivity index (χ1n) is 7.50. The molecule has 0 amide bonds. The van der Waals surface area contributed by atoms with E-state index in [0.717, 1.165) is 43.9 Å². The van der Waals surface area contributed by atoms with Gasteiger partial charge in [-0.1, -0.05) is 0 Å². The molecule has 1 saturated heterocycles. The summed E-state index contributed by atoms with van der Waals surface area (Å²) in [5.74, 6) is 0. The summed E-state index contributed by atoms with van der Waals surface area (Å²) < 4.78 is 9.52. The van der Waals surface area contributed by atoms with Crippen LogP contribution in [0.25, 0.3) is 0 Å². The summed E-state index contributed by atoms with van der Waals surface area (Å²) in [5.41, 5.74) is 4.57. The van der Waals surface area contributed by atoms with Crippen LogP contribution >= 0.6 is 0 Å². The van der Waals surface area contributed by atoms with Crippen LogP contribution in [0.3, 0.4) is 0 Å². The Morgan fingerprint density at radius 3 is 2.95 bits per heavy atom. The summed E-state index contributed by atoms with van der Waals surface area (Å²) in [6.07, 6.45) is 6.53. The van der Waals surface area contributed by atoms with Crippen molar-refractivity contribution in [1.29, 1.82) is 0 Å². The van der Waals surface area contributed by atoms with Crippen molar-refractivity contribution in [2.24, 2.45) is 7.05 Å². The lowest BCUT2D eigenvalue weighted by Gasteiger charge is -2.08. The molecule has 0 aromatic carbocycles. The van der Waals surface area contributed by atoms with E-state index >= 15 is 0 Å². The Morgan fingerprint density at radius 1 is 1.43 bits per heavy atom. The second kappa shape index (κ2) is 5.89. The molecule has 0 bridgehead atoms. The second-order valence-electron chi connectivity index (χ2n) is 5.71. The molecule has 0 aliphatic carbocycles. The number of aryl methyl sites for hydroxylation is 2. The molecule has 2 aromatic heterocycles. The number of nitrogens with zero attached hydrogens (tertiary/aromatic N) is 4. The SMILES string of the molecule is Cc1nn(C)c(C)c1CNc1cnn(CC2CCCO2)c1. The molecule has 1 N–H and O–H groups in total. The van der Waals surface area contributed by atoms with Crippen LogP contribution in [0.4, 0.5) is 5.69 Å². The zero-order chi connectivity index (χ0) is 14.8. The summed E-state index contributed by atoms with van der Waals surface area (Å²) in [4.78, 5) is 0. The van der Waals surface area contributed by atoms with E-state index in [0.29, 0.717) is 6.10 Å². The van der Waals surface area contributed by atoms with E-state index in [9.17, 15) is 0 Å². The maximum Gasteiger partial charge on any atom is 0.0771 e. The minimum atomic E-state index is 0.320. The largest absolute Gasteiger partial charge is 0.378 e. The predicted octanol–water partition coefficient (Wildman–Crippen LogP) is 2.02. The van der Waals surface area contributed by atoms with Crippen LogP contribution in [0.1, 0.15) is 29.8 Å². The standard InChI is InChI=1S/C15H23N5O/c1-11-15(12(2)19(3)18-11)8-16-13-7-17-20(9-13)10-14-5-4-6-21-14/h7,9,14,16H,4-6,8,10H2,1-3H3. The molecular weight excluding hydrogens is 266 g/mol. The molecule has 3 heterocycles. The fraction of sp³-hybridized carbons (Fsp3) is 0.600. The van der Waals surface area contributed by atoms with E-state index in [4.69, 9.17) is 4.74 Å². The van der Waals surface area contributed by atoms with Gasteiger partial charge in [0, 0.05) is 37.7 Å². The van der Waals surface area contributed by atoms with Crippen molar-refractivity contribution in [2.75, 3.05) is 11.9 Å². The van der Waals surface area contributed by atoms with Gasteiger partial charge >= 0.3 is 0 Å². The van der Waals surface area contributed by atoms with Gasteiger partial charge in [0.25, 0.3) is 0 Å². The van der Waals surface area contributed by atoms with E-state index in [-0.39, 0.29) is 0 Å². The quantitative estimate of drug-likeness (QED) is 0.915. The van der Waals surface area contributed by atoms with Gasteiger partial charge in [0.15, 0.2) is 0 Å². The Kier molecular flexibility index (Phi) is 3.96. The van der Waals surface area contributed by atoms with Gasteiger partial charge in [-0.25, -0.2) is 0 Å². The molecule has 2 aromatic rings. The molecule has 6 heteroatoms. The zero-order valence-corrected chi connectivity index (χ0v) is 13.0. The number of hydrogen-bond acceptors (Lipinski definition) is 4. The molecule has 0 saturated carbocycles. The van der Waals surface area contributed by atoms with E-state index in [1.54, 1.807) is 0 Å². The average molecular weight is 289 g/mol. The van der Waals surface area contributed by atoms with E-state index in [2.05, 4.69) is 22.4 Å². The summed E-state index contributed by atoms with van der Waals surface area (Å²) in [5, 5.41) is 12.3. The lowest BCUT2D eigenvalue weighted by Crippen LogP contribution is -2.15. The number of hydrogen-bond donors (Lipinski definition) is 1. The molecule has 0 spiro atoms. The maximum absolute atomic E-state index is 5.64. The Balaban J connectivity index is 1.59. The topological polar surface area (TPSA) is 56.9 Å². The van der Waals surface area contributed by atoms with Gasteiger partial charge < -0.3 is 10.1 Å². The van der Waals surface area contributed by atoms with Crippen LogP contribution in [0.5, 0.6) is 0 Å². The van der Waals surface area contributed by atoms with Gasteiger partial charge in [-0.3, -0.25) is 9.36 Å². The van der Waals surface area contributed by atoms with Crippen LogP contribution in [0, 0.1) is 13.8 Å². The summed E-state index contributed by atoms with van der Waals surface area (Å²) in [7, 11) is 1.98. The van der Waals surface area contributed by atoms with E-state index in [1.807, 2.05) is 35.7 Å². The normalized spacial score (nSPS) is 18.3. The van der Waals surface area contributed by atoms with Crippen LogP contribution < -0.4 is 5.32 Å². The predicted molar refractivity (Wildman–Crippen MR) is 81.2 cm³/mol. The molecule has 1 unspecified atom stereocenters. The first-order chi connectivity index (χ1) is 10.1. The van der Waals surface area contributed by atoms with Gasteiger partial charge in [0.1, 0.15) is 0 Å². The first-order valence-corrected chi connectivity index (χ1v) is 7.50.